The van der Waals surface area contributed by atoms with E-state index in [0.717, 1.165) is 19.4 Å². The van der Waals surface area contributed by atoms with Crippen molar-refractivity contribution < 1.29 is 18.6 Å². The Morgan fingerprint density at radius 2 is 1.48 bits per heavy atom. The molecule has 0 saturated carbocycles. The maximum atomic E-state index is 11.6. The van der Waals surface area contributed by atoms with Crippen molar-refractivity contribution in [2.24, 2.45) is 5.92 Å². The summed E-state index contributed by atoms with van der Waals surface area (Å²) in [6.45, 7) is 11.6. The molecule has 2 amide bonds. The Bertz CT molecular complexity index is 334. The van der Waals surface area contributed by atoms with E-state index >= 15 is 0 Å². The van der Waals surface area contributed by atoms with Crippen LogP contribution in [0.4, 0.5) is 0 Å². The first-order valence-electron chi connectivity index (χ1n) is 8.76. The van der Waals surface area contributed by atoms with Gasteiger partial charge < -0.3 is 20.7 Å². The SMILES string of the molecule is CC(C)CCCNC(=O)CCC(=O)NCCOCCNC(C)C.[HH].[HH].[HH]. The maximum Gasteiger partial charge on any atom is 0.220 e. The summed E-state index contributed by atoms with van der Waals surface area (Å²) in [5.74, 6) is 0.493. The molecule has 23 heavy (non-hydrogen) atoms. The molecule has 0 heterocycles. The number of carbonyl (C=O) groups excluding carboxylic acids is 2. The predicted molar refractivity (Wildman–Crippen MR) is 99.6 cm³/mol. The molecule has 0 rings (SSSR count). The lowest BCUT2D eigenvalue weighted by molar-refractivity contribution is -0.126. The van der Waals surface area contributed by atoms with Crippen LogP contribution in [0.2, 0.25) is 0 Å². The number of hydrogen-bond donors (Lipinski definition) is 3. The molecule has 0 radical (unpaired) electrons. The molecule has 0 saturated heterocycles. The van der Waals surface area contributed by atoms with Gasteiger partial charge in [-0.15, -0.1) is 0 Å². The van der Waals surface area contributed by atoms with Crippen molar-refractivity contribution in [3.63, 3.8) is 0 Å². The van der Waals surface area contributed by atoms with Gasteiger partial charge in [-0.2, -0.15) is 0 Å². The Labute approximate surface area is 145 Å². The summed E-state index contributed by atoms with van der Waals surface area (Å²) in [6.07, 6.45) is 2.56. The van der Waals surface area contributed by atoms with Crippen LogP contribution in [0.5, 0.6) is 0 Å². The van der Waals surface area contributed by atoms with Crippen molar-refractivity contribution in [3.8, 4) is 0 Å². The van der Waals surface area contributed by atoms with Gasteiger partial charge in [0.15, 0.2) is 0 Å². The van der Waals surface area contributed by atoms with Gasteiger partial charge in [-0.1, -0.05) is 27.7 Å². The number of amides is 2. The van der Waals surface area contributed by atoms with E-state index in [9.17, 15) is 9.59 Å². The second-order valence-corrected chi connectivity index (χ2v) is 6.46. The Morgan fingerprint density at radius 1 is 0.913 bits per heavy atom. The summed E-state index contributed by atoms with van der Waals surface area (Å²) in [4.78, 5) is 23.2. The second-order valence-electron chi connectivity index (χ2n) is 6.46. The smallest absolute Gasteiger partial charge is 0.220 e. The highest BCUT2D eigenvalue weighted by atomic mass is 16.5. The molecule has 0 aromatic carbocycles. The third kappa shape index (κ3) is 17.1. The van der Waals surface area contributed by atoms with Crippen LogP contribution in [0.3, 0.4) is 0 Å². The number of rotatable bonds is 14. The molecule has 0 fully saturated rings. The summed E-state index contributed by atoms with van der Waals surface area (Å²) in [7, 11) is 0. The van der Waals surface area contributed by atoms with E-state index < -0.39 is 0 Å². The lowest BCUT2D eigenvalue weighted by Gasteiger charge is -2.09. The van der Waals surface area contributed by atoms with Crippen molar-refractivity contribution in [3.05, 3.63) is 0 Å². The molecule has 6 heteroatoms. The van der Waals surface area contributed by atoms with E-state index in [4.69, 9.17) is 4.74 Å². The molecule has 0 spiro atoms. The van der Waals surface area contributed by atoms with Gasteiger partial charge in [-0.25, -0.2) is 0 Å². The largest absolute Gasteiger partial charge is 0.378 e. The molecule has 0 aliphatic carbocycles. The van der Waals surface area contributed by atoms with E-state index in [1.54, 1.807) is 0 Å². The third-order valence-electron chi connectivity index (χ3n) is 3.23. The zero-order valence-corrected chi connectivity index (χ0v) is 15.2. The Kier molecular flexibility index (Phi) is 13.7. The fraction of sp³-hybridized carbons (Fsp3) is 0.882. The number of hydrogen-bond acceptors (Lipinski definition) is 4. The van der Waals surface area contributed by atoms with Gasteiger partial charge >= 0.3 is 0 Å². The van der Waals surface area contributed by atoms with Gasteiger partial charge in [0.2, 0.25) is 11.8 Å². The Hall–Kier alpha value is -1.14. The minimum atomic E-state index is -0.105. The minimum absolute atomic E-state index is 0. The molecular formula is C17H41N3O3. The third-order valence-corrected chi connectivity index (χ3v) is 3.23. The Morgan fingerprint density at radius 3 is 2.04 bits per heavy atom. The van der Waals surface area contributed by atoms with Gasteiger partial charge in [0.1, 0.15) is 0 Å². The molecule has 0 bridgehead atoms. The van der Waals surface area contributed by atoms with Gasteiger partial charge in [-0.05, 0) is 18.8 Å². The molecule has 0 aliphatic heterocycles. The van der Waals surface area contributed by atoms with Gasteiger partial charge in [0, 0.05) is 42.8 Å². The second kappa shape index (κ2) is 14.5. The van der Waals surface area contributed by atoms with Gasteiger partial charge in [0.25, 0.3) is 0 Å². The van der Waals surface area contributed by atoms with Crippen LogP contribution in [0.25, 0.3) is 0 Å². The number of carbonyl (C=O) groups is 2. The van der Waals surface area contributed by atoms with Crippen molar-refractivity contribution >= 4 is 11.8 Å². The van der Waals surface area contributed by atoms with Crippen molar-refractivity contribution in [1.29, 1.82) is 0 Å². The van der Waals surface area contributed by atoms with E-state index in [-0.39, 0.29) is 28.9 Å². The molecule has 6 nitrogen and oxygen atoms in total. The summed E-state index contributed by atoms with van der Waals surface area (Å²) in [5, 5.41) is 8.85. The van der Waals surface area contributed by atoms with E-state index in [0.29, 0.717) is 38.3 Å². The highest BCUT2D eigenvalue weighted by Crippen LogP contribution is 2.01. The number of nitrogens with one attached hydrogen (secondary N) is 3. The summed E-state index contributed by atoms with van der Waals surface area (Å²) in [5.41, 5.74) is 0. The van der Waals surface area contributed by atoms with Crippen LogP contribution in [0.1, 0.15) is 57.7 Å². The molecule has 3 N–H and O–H groups in total. The van der Waals surface area contributed by atoms with E-state index in [2.05, 4.69) is 43.6 Å². The summed E-state index contributed by atoms with van der Waals surface area (Å²) in [6, 6.07) is 0.454. The first-order valence-corrected chi connectivity index (χ1v) is 8.76. The molecular weight excluding hydrogens is 294 g/mol. The summed E-state index contributed by atoms with van der Waals surface area (Å²) < 4.78 is 5.39. The van der Waals surface area contributed by atoms with Crippen LogP contribution in [-0.4, -0.2) is 50.7 Å². The highest BCUT2D eigenvalue weighted by Gasteiger charge is 2.06. The first kappa shape index (κ1) is 21.9. The molecule has 0 aliphatic rings. The highest BCUT2D eigenvalue weighted by molar-refractivity contribution is 5.83. The minimum Gasteiger partial charge on any atom is -0.378 e. The predicted octanol–water partition coefficient (Wildman–Crippen LogP) is 2.19. The lowest BCUT2D eigenvalue weighted by atomic mass is 10.1. The van der Waals surface area contributed by atoms with Crippen molar-refractivity contribution in [1.82, 2.24) is 16.0 Å². The zero-order chi connectivity index (χ0) is 17.5. The van der Waals surface area contributed by atoms with Crippen LogP contribution >= 0.6 is 0 Å². The lowest BCUT2D eigenvalue weighted by Crippen LogP contribution is -2.31. The van der Waals surface area contributed by atoms with Gasteiger partial charge in [0.05, 0.1) is 13.2 Å². The van der Waals surface area contributed by atoms with Crippen LogP contribution in [0.15, 0.2) is 0 Å². The fourth-order valence-electron chi connectivity index (χ4n) is 1.93. The van der Waals surface area contributed by atoms with Crippen LogP contribution in [0, 0.1) is 5.92 Å². The molecule has 0 aromatic heterocycles. The maximum absolute atomic E-state index is 11.6. The standard InChI is InChI=1S/C17H35N3O3.3H2/c1-14(2)6-5-9-19-16(21)7-8-17(22)20-11-13-23-12-10-18-15(3)4;;;/h14-15,18H,5-13H2,1-4H3,(H,19,21)(H,20,22);3*1H. The normalized spacial score (nSPS) is 11.0. The molecule has 0 unspecified atom stereocenters. The number of ether oxygens (including phenoxy) is 1. The first-order chi connectivity index (χ1) is 10.9. The van der Waals surface area contributed by atoms with Crippen molar-refractivity contribution in [2.75, 3.05) is 32.8 Å². The average Bonchev–Trinajstić information content (AvgIpc) is 2.48. The quantitative estimate of drug-likeness (QED) is 0.425. The fourth-order valence-corrected chi connectivity index (χ4v) is 1.93. The van der Waals surface area contributed by atoms with Crippen molar-refractivity contribution in [2.45, 2.75) is 59.4 Å². The topological polar surface area (TPSA) is 79.5 Å². The van der Waals surface area contributed by atoms with E-state index in [1.165, 1.54) is 0 Å². The van der Waals surface area contributed by atoms with E-state index in [1.807, 2.05) is 0 Å². The summed E-state index contributed by atoms with van der Waals surface area (Å²) >= 11 is 0. The molecule has 0 aromatic rings. The monoisotopic (exact) mass is 335 g/mol. The Balaban J connectivity index is -0.000000807. The molecule has 142 valence electrons. The van der Waals surface area contributed by atoms with Crippen LogP contribution in [-0.2, 0) is 14.3 Å². The van der Waals surface area contributed by atoms with Crippen LogP contribution < -0.4 is 16.0 Å². The molecule has 0 atom stereocenters. The van der Waals surface area contributed by atoms with Gasteiger partial charge in [-0.3, -0.25) is 9.59 Å². The average molecular weight is 336 g/mol. The zero-order valence-electron chi connectivity index (χ0n) is 15.2.